The standard InChI is InChI=1S/C16H16Br8/c17-13(18)5-9(13)1-10(6-14(10,19)20)3-12(8-16(12,23)24)4-11(2-9)7-15(11,21)22/h1-8H2. The van der Waals surface area contributed by atoms with E-state index in [0.29, 0.717) is 21.7 Å². The number of alkyl halides is 8. The van der Waals surface area contributed by atoms with E-state index in [1.165, 1.54) is 51.4 Å². The lowest BCUT2D eigenvalue weighted by Gasteiger charge is -2.40. The second-order valence-corrected chi connectivity index (χ2v) is 24.4. The monoisotopic (exact) mass is 839 g/mol. The van der Waals surface area contributed by atoms with Gasteiger partial charge in [-0.25, -0.2) is 0 Å². The lowest BCUT2D eigenvalue weighted by Crippen LogP contribution is -2.34. The predicted octanol–water partition coefficient (Wildman–Crippen LogP) is 9.07. The van der Waals surface area contributed by atoms with Gasteiger partial charge >= 0.3 is 0 Å². The first-order chi connectivity index (χ1) is 10.7. The quantitative estimate of drug-likeness (QED) is 0.214. The molecule has 5 rings (SSSR count). The molecule has 4 spiro atoms. The Labute approximate surface area is 210 Å². The van der Waals surface area contributed by atoms with Crippen LogP contribution in [0.3, 0.4) is 0 Å². The third kappa shape index (κ3) is 2.50. The van der Waals surface area contributed by atoms with Gasteiger partial charge in [0.1, 0.15) is 0 Å². The maximum Gasteiger partial charge on any atom is 0.0868 e. The van der Waals surface area contributed by atoms with E-state index in [-0.39, 0.29) is 12.9 Å². The fourth-order valence-electron chi connectivity index (χ4n) is 5.90. The van der Waals surface area contributed by atoms with Gasteiger partial charge in [-0.05, 0) is 73.0 Å². The van der Waals surface area contributed by atoms with Gasteiger partial charge in [0.2, 0.25) is 0 Å². The van der Waals surface area contributed by atoms with Gasteiger partial charge in [0, 0.05) is 0 Å². The lowest BCUT2D eigenvalue weighted by atomic mass is 9.69. The molecular weight excluding hydrogens is 831 g/mol. The summed E-state index contributed by atoms with van der Waals surface area (Å²) in [6, 6.07) is 0. The molecule has 0 bridgehead atoms. The molecule has 24 heavy (non-hydrogen) atoms. The van der Waals surface area contributed by atoms with Gasteiger partial charge in [-0.2, -0.15) is 0 Å². The summed E-state index contributed by atoms with van der Waals surface area (Å²) in [4.78, 5) is 0. The molecule has 0 heterocycles. The Kier molecular flexibility index (Phi) is 4.13. The average molecular weight is 848 g/mol. The van der Waals surface area contributed by atoms with Crippen LogP contribution in [0, 0.1) is 21.7 Å². The molecule has 5 aliphatic rings. The van der Waals surface area contributed by atoms with Crippen molar-refractivity contribution in [3.63, 3.8) is 0 Å². The molecule has 5 saturated carbocycles. The molecule has 0 aromatic heterocycles. The van der Waals surface area contributed by atoms with Gasteiger partial charge in [0.25, 0.3) is 0 Å². The molecule has 0 nitrogen and oxygen atoms in total. The zero-order valence-corrected chi connectivity index (χ0v) is 25.4. The minimum atomic E-state index is 0.123. The van der Waals surface area contributed by atoms with E-state index in [1.54, 1.807) is 0 Å². The van der Waals surface area contributed by atoms with E-state index in [1.807, 2.05) is 0 Å². The summed E-state index contributed by atoms with van der Waals surface area (Å²) in [5, 5.41) is 0. The van der Waals surface area contributed by atoms with Crippen LogP contribution >= 0.6 is 127 Å². The van der Waals surface area contributed by atoms with Crippen molar-refractivity contribution < 1.29 is 0 Å². The van der Waals surface area contributed by atoms with E-state index in [0.717, 1.165) is 0 Å². The molecule has 5 aliphatic carbocycles. The van der Waals surface area contributed by atoms with Crippen molar-refractivity contribution in [3.8, 4) is 0 Å². The SMILES string of the molecule is BrC1(Br)CC12CC1(CC1(Br)Br)CC1(CC1(Br)Br)CC1(CC1(Br)Br)C2. The van der Waals surface area contributed by atoms with Crippen molar-refractivity contribution in [1.29, 1.82) is 0 Å². The zero-order chi connectivity index (χ0) is 17.7. The van der Waals surface area contributed by atoms with Crippen molar-refractivity contribution in [2.45, 2.75) is 64.3 Å². The van der Waals surface area contributed by atoms with Crippen molar-refractivity contribution in [3.05, 3.63) is 0 Å². The molecule has 5 fully saturated rings. The van der Waals surface area contributed by atoms with Crippen molar-refractivity contribution >= 4 is 127 Å². The Balaban J connectivity index is 1.57. The van der Waals surface area contributed by atoms with Gasteiger partial charge in [-0.15, -0.1) is 0 Å². The van der Waals surface area contributed by atoms with E-state index < -0.39 is 0 Å². The summed E-state index contributed by atoms with van der Waals surface area (Å²) in [5.41, 5.74) is 1.43. The number of halogens is 8. The van der Waals surface area contributed by atoms with E-state index in [4.69, 9.17) is 0 Å². The van der Waals surface area contributed by atoms with Crippen LogP contribution in [0.4, 0.5) is 0 Å². The summed E-state index contributed by atoms with van der Waals surface area (Å²) in [6.07, 6.45) is 10.1. The van der Waals surface area contributed by atoms with Gasteiger partial charge in [0.15, 0.2) is 0 Å². The first kappa shape index (κ1) is 19.8. The second kappa shape index (κ2) is 5.00. The van der Waals surface area contributed by atoms with Crippen LogP contribution in [0.5, 0.6) is 0 Å². The van der Waals surface area contributed by atoms with Crippen LogP contribution < -0.4 is 0 Å². The molecular formula is C16H16Br8. The number of hydrogen-bond donors (Lipinski definition) is 0. The summed E-state index contributed by atoms with van der Waals surface area (Å²) >= 11 is 32.0. The topological polar surface area (TPSA) is 0 Å². The third-order valence-electron chi connectivity index (χ3n) is 7.55. The van der Waals surface area contributed by atoms with Crippen LogP contribution in [-0.4, -0.2) is 12.9 Å². The smallest absolute Gasteiger partial charge is 0.0721 e. The molecule has 0 N–H and O–H groups in total. The van der Waals surface area contributed by atoms with Crippen molar-refractivity contribution in [2.24, 2.45) is 21.7 Å². The van der Waals surface area contributed by atoms with Crippen LogP contribution in [0.25, 0.3) is 0 Å². The minimum Gasteiger partial charge on any atom is -0.0721 e. The number of hydrogen-bond acceptors (Lipinski definition) is 0. The Bertz CT molecular complexity index is 528. The summed E-state index contributed by atoms with van der Waals surface area (Å²) in [6.45, 7) is 0. The fraction of sp³-hybridized carbons (Fsp3) is 1.00. The highest BCUT2D eigenvalue weighted by molar-refractivity contribution is 9.26. The van der Waals surface area contributed by atoms with Gasteiger partial charge in [0.05, 0.1) is 12.9 Å². The normalized spacial score (nSPS) is 57.0. The summed E-state index contributed by atoms with van der Waals surface area (Å²) in [7, 11) is 0. The third-order valence-corrected chi connectivity index (χ3v) is 16.5. The van der Waals surface area contributed by atoms with Crippen LogP contribution in [0.1, 0.15) is 51.4 Å². The van der Waals surface area contributed by atoms with Gasteiger partial charge < -0.3 is 0 Å². The van der Waals surface area contributed by atoms with E-state index >= 15 is 0 Å². The molecule has 0 saturated heterocycles. The first-order valence-corrected chi connectivity index (χ1v) is 14.5. The Hall–Kier alpha value is 3.84. The van der Waals surface area contributed by atoms with Gasteiger partial charge in [-0.1, -0.05) is 127 Å². The number of rotatable bonds is 0. The maximum atomic E-state index is 4.00. The molecule has 0 atom stereocenters. The zero-order valence-electron chi connectivity index (χ0n) is 12.7. The Morgan fingerprint density at radius 2 is 0.417 bits per heavy atom. The average Bonchev–Trinajstić information content (AvgIpc) is 3.21. The Morgan fingerprint density at radius 3 is 0.500 bits per heavy atom. The predicted molar refractivity (Wildman–Crippen MR) is 129 cm³/mol. The molecule has 0 amide bonds. The lowest BCUT2D eigenvalue weighted by molar-refractivity contribution is 0.145. The molecule has 0 aromatic rings. The van der Waals surface area contributed by atoms with Crippen LogP contribution in [0.2, 0.25) is 0 Å². The van der Waals surface area contributed by atoms with Crippen LogP contribution in [-0.2, 0) is 0 Å². The fourth-order valence-corrected chi connectivity index (χ4v) is 12.4. The molecule has 136 valence electrons. The van der Waals surface area contributed by atoms with E-state index in [2.05, 4.69) is 127 Å². The highest BCUT2D eigenvalue weighted by Crippen LogP contribution is 2.91. The van der Waals surface area contributed by atoms with E-state index in [9.17, 15) is 0 Å². The molecule has 0 aromatic carbocycles. The van der Waals surface area contributed by atoms with Gasteiger partial charge in [-0.3, -0.25) is 0 Å². The first-order valence-electron chi connectivity index (χ1n) is 8.17. The largest absolute Gasteiger partial charge is 0.0868 e. The Morgan fingerprint density at radius 1 is 0.292 bits per heavy atom. The highest BCUT2D eigenvalue weighted by Gasteiger charge is 2.84. The molecule has 0 aliphatic heterocycles. The minimum absolute atomic E-state index is 0.123. The second-order valence-electron chi connectivity index (χ2n) is 9.35. The highest BCUT2D eigenvalue weighted by atomic mass is 79.9. The van der Waals surface area contributed by atoms with Crippen LogP contribution in [0.15, 0.2) is 0 Å². The van der Waals surface area contributed by atoms with Crippen molar-refractivity contribution in [1.82, 2.24) is 0 Å². The molecule has 8 heteroatoms. The summed E-state index contributed by atoms with van der Waals surface area (Å²) in [5.74, 6) is 0. The summed E-state index contributed by atoms with van der Waals surface area (Å²) < 4.78 is 0.493. The molecule has 0 radical (unpaired) electrons. The maximum absolute atomic E-state index is 4.00. The van der Waals surface area contributed by atoms with Crippen molar-refractivity contribution in [2.75, 3.05) is 0 Å². The molecule has 0 unspecified atom stereocenters.